The van der Waals surface area contributed by atoms with Crippen LogP contribution in [-0.4, -0.2) is 29.9 Å². The van der Waals surface area contributed by atoms with Crippen molar-refractivity contribution in [3.63, 3.8) is 0 Å². The van der Waals surface area contributed by atoms with Crippen LogP contribution in [0.1, 0.15) is 43.9 Å². The number of ether oxygens (including phenoxy) is 1. The summed E-state index contributed by atoms with van der Waals surface area (Å²) >= 11 is 0. The molecule has 0 spiro atoms. The van der Waals surface area contributed by atoms with Crippen molar-refractivity contribution in [1.29, 1.82) is 0 Å². The molecule has 1 unspecified atom stereocenters. The number of hydrogen-bond acceptors (Lipinski definition) is 3. The summed E-state index contributed by atoms with van der Waals surface area (Å²) in [6, 6.07) is 11.6. The van der Waals surface area contributed by atoms with Crippen LogP contribution in [-0.2, 0) is 5.60 Å². The first-order valence-electron chi connectivity index (χ1n) is 9.63. The minimum atomic E-state index is -0.972. The predicted octanol–water partition coefficient (Wildman–Crippen LogP) is 5.88. The molecule has 150 valence electrons. The van der Waals surface area contributed by atoms with Gasteiger partial charge in [0.05, 0.1) is 17.6 Å². The lowest BCUT2D eigenvalue weighted by Crippen LogP contribution is -2.21. The molecule has 4 heteroatoms. The van der Waals surface area contributed by atoms with Gasteiger partial charge in [-0.2, -0.15) is 0 Å². The molecule has 2 aromatic carbocycles. The second-order valence-electron chi connectivity index (χ2n) is 7.76. The Kier molecular flexibility index (Phi) is 7.03. The van der Waals surface area contributed by atoms with E-state index in [1.807, 2.05) is 75.5 Å². The molecule has 0 fully saturated rings. The van der Waals surface area contributed by atoms with Gasteiger partial charge in [-0.15, -0.1) is 6.58 Å². The van der Waals surface area contributed by atoms with Crippen LogP contribution in [0.15, 0.2) is 53.5 Å². The van der Waals surface area contributed by atoms with Gasteiger partial charge in [0.1, 0.15) is 11.5 Å². The smallest absolute Gasteiger partial charge is 0.130 e. The van der Waals surface area contributed by atoms with Crippen LogP contribution in [0, 0.1) is 13.8 Å². The molecule has 0 heterocycles. The second kappa shape index (κ2) is 9.07. The molecule has 0 bridgehead atoms. The highest BCUT2D eigenvalue weighted by Crippen LogP contribution is 2.34. The Morgan fingerprint density at radius 2 is 1.96 bits per heavy atom. The number of benzene rings is 2. The Balaban J connectivity index is 2.27. The van der Waals surface area contributed by atoms with Crippen molar-refractivity contribution < 1.29 is 9.84 Å². The van der Waals surface area contributed by atoms with Crippen molar-refractivity contribution in [2.24, 2.45) is 4.99 Å². The maximum absolute atomic E-state index is 10.8. The van der Waals surface area contributed by atoms with Crippen LogP contribution in [0.4, 0.5) is 5.69 Å². The molecule has 0 aliphatic carbocycles. The highest BCUT2D eigenvalue weighted by Gasteiger charge is 2.23. The fourth-order valence-corrected chi connectivity index (χ4v) is 2.98. The van der Waals surface area contributed by atoms with Gasteiger partial charge < -0.3 is 14.7 Å². The van der Waals surface area contributed by atoms with E-state index >= 15 is 0 Å². The fraction of sp³-hybridized carbons (Fsp3) is 0.375. The molecule has 2 aromatic rings. The second-order valence-corrected chi connectivity index (χ2v) is 7.76. The van der Waals surface area contributed by atoms with Gasteiger partial charge in [0.25, 0.3) is 0 Å². The molecular weight excluding hydrogens is 348 g/mol. The van der Waals surface area contributed by atoms with Gasteiger partial charge >= 0.3 is 0 Å². The maximum Gasteiger partial charge on any atom is 0.130 e. The maximum atomic E-state index is 10.8. The molecule has 0 aliphatic rings. The van der Waals surface area contributed by atoms with E-state index in [-0.39, 0.29) is 0 Å². The molecule has 4 nitrogen and oxygen atoms in total. The van der Waals surface area contributed by atoms with Crippen LogP contribution in [0.3, 0.4) is 0 Å². The number of aliphatic hydroxyl groups is 1. The quantitative estimate of drug-likeness (QED) is 0.353. The first kappa shape index (κ1) is 21.7. The van der Waals surface area contributed by atoms with Crippen molar-refractivity contribution >= 4 is 12.0 Å². The Bertz CT molecular complexity index is 869. The van der Waals surface area contributed by atoms with E-state index in [2.05, 4.69) is 18.5 Å². The number of rotatable bonds is 8. The highest BCUT2D eigenvalue weighted by molar-refractivity contribution is 5.64. The third-order valence-corrected chi connectivity index (χ3v) is 4.72. The monoisotopic (exact) mass is 380 g/mol. The van der Waals surface area contributed by atoms with Gasteiger partial charge in [-0.3, -0.25) is 0 Å². The van der Waals surface area contributed by atoms with E-state index in [1.165, 1.54) is 0 Å². The molecule has 0 radical (unpaired) electrons. The van der Waals surface area contributed by atoms with E-state index < -0.39 is 5.60 Å². The standard InChI is InChI=1S/C24H32N2O2/c1-8-26(7)16-25-22-12-19(5)23(13-18(22)4)28-21-11-9-10-20(14-21)24(6,27)15-17(2)3/h9-14,16,27H,2,8,15H2,1,3-7H3. The predicted molar refractivity (Wildman–Crippen MR) is 118 cm³/mol. The van der Waals surface area contributed by atoms with Crippen LogP contribution in [0.5, 0.6) is 11.5 Å². The average molecular weight is 381 g/mol. The van der Waals surface area contributed by atoms with Crippen LogP contribution < -0.4 is 4.74 Å². The van der Waals surface area contributed by atoms with Crippen molar-refractivity contribution in [2.75, 3.05) is 13.6 Å². The first-order valence-corrected chi connectivity index (χ1v) is 9.63. The molecule has 2 rings (SSSR count). The van der Waals surface area contributed by atoms with E-state index in [0.717, 1.165) is 40.2 Å². The molecule has 28 heavy (non-hydrogen) atoms. The molecule has 0 aromatic heterocycles. The number of hydrogen-bond donors (Lipinski definition) is 1. The van der Waals surface area contributed by atoms with Crippen molar-refractivity contribution in [1.82, 2.24) is 4.90 Å². The summed E-state index contributed by atoms with van der Waals surface area (Å²) in [5.74, 6) is 1.49. The van der Waals surface area contributed by atoms with Crippen LogP contribution in [0.2, 0.25) is 0 Å². The minimum Gasteiger partial charge on any atom is -0.457 e. The Morgan fingerprint density at radius 1 is 1.25 bits per heavy atom. The normalized spacial score (nSPS) is 13.4. The van der Waals surface area contributed by atoms with Gasteiger partial charge in [0, 0.05) is 20.0 Å². The fourth-order valence-electron chi connectivity index (χ4n) is 2.98. The zero-order valence-corrected chi connectivity index (χ0v) is 17.9. The van der Waals surface area contributed by atoms with Crippen LogP contribution >= 0.6 is 0 Å². The summed E-state index contributed by atoms with van der Waals surface area (Å²) in [6.45, 7) is 14.7. The van der Waals surface area contributed by atoms with Crippen LogP contribution in [0.25, 0.3) is 0 Å². The van der Waals surface area contributed by atoms with Crippen molar-refractivity contribution in [2.45, 2.75) is 46.6 Å². The number of aliphatic imine (C=N–C) groups is 1. The molecule has 0 aliphatic heterocycles. The molecular formula is C24H32N2O2. The zero-order chi connectivity index (χ0) is 20.9. The van der Waals surface area contributed by atoms with E-state index in [1.54, 1.807) is 6.92 Å². The minimum absolute atomic E-state index is 0.507. The molecule has 0 amide bonds. The van der Waals surface area contributed by atoms with Gasteiger partial charge in [-0.05, 0) is 75.6 Å². The summed E-state index contributed by atoms with van der Waals surface area (Å²) in [5, 5.41) is 10.8. The third-order valence-electron chi connectivity index (χ3n) is 4.72. The third kappa shape index (κ3) is 5.70. The first-order chi connectivity index (χ1) is 13.1. The number of nitrogens with zero attached hydrogens (tertiary/aromatic N) is 2. The Morgan fingerprint density at radius 3 is 2.61 bits per heavy atom. The summed E-state index contributed by atoms with van der Waals surface area (Å²) < 4.78 is 6.14. The SMILES string of the molecule is C=C(C)CC(C)(O)c1cccc(Oc2cc(C)c(N=CN(C)CC)cc2C)c1. The molecule has 0 saturated carbocycles. The molecule has 1 atom stereocenters. The topological polar surface area (TPSA) is 45.1 Å². The van der Waals surface area contributed by atoms with Gasteiger partial charge in [-0.25, -0.2) is 4.99 Å². The average Bonchev–Trinajstić information content (AvgIpc) is 2.62. The van der Waals surface area contributed by atoms with E-state index in [0.29, 0.717) is 12.2 Å². The molecule has 1 N–H and O–H groups in total. The van der Waals surface area contributed by atoms with Gasteiger partial charge in [0.2, 0.25) is 0 Å². The number of aryl methyl sites for hydroxylation is 2. The summed E-state index contributed by atoms with van der Waals surface area (Å²) in [4.78, 5) is 6.59. The van der Waals surface area contributed by atoms with E-state index in [9.17, 15) is 5.11 Å². The molecule has 0 saturated heterocycles. The Hall–Kier alpha value is -2.59. The highest BCUT2D eigenvalue weighted by atomic mass is 16.5. The summed E-state index contributed by atoms with van der Waals surface area (Å²) in [7, 11) is 2.00. The van der Waals surface area contributed by atoms with E-state index in [4.69, 9.17) is 4.74 Å². The van der Waals surface area contributed by atoms with Crippen molar-refractivity contribution in [3.05, 3.63) is 65.2 Å². The summed E-state index contributed by atoms with van der Waals surface area (Å²) in [6.07, 6.45) is 2.35. The summed E-state index contributed by atoms with van der Waals surface area (Å²) in [5.41, 5.74) is 3.77. The largest absolute Gasteiger partial charge is 0.457 e. The lowest BCUT2D eigenvalue weighted by molar-refractivity contribution is 0.0576. The van der Waals surface area contributed by atoms with Gasteiger partial charge in [-0.1, -0.05) is 17.7 Å². The lowest BCUT2D eigenvalue weighted by atomic mass is 9.90. The zero-order valence-electron chi connectivity index (χ0n) is 17.9. The Labute approximate surface area is 169 Å². The van der Waals surface area contributed by atoms with Gasteiger partial charge in [0.15, 0.2) is 0 Å². The lowest BCUT2D eigenvalue weighted by Gasteiger charge is -2.24. The van der Waals surface area contributed by atoms with Crippen molar-refractivity contribution in [3.8, 4) is 11.5 Å².